The highest BCUT2D eigenvalue weighted by Crippen LogP contribution is 2.73. The Balaban J connectivity index is 0.889. The van der Waals surface area contributed by atoms with Gasteiger partial charge in [0.1, 0.15) is 11.5 Å². The number of amides is 2. The van der Waals surface area contributed by atoms with Gasteiger partial charge in [0, 0.05) is 85.1 Å². The van der Waals surface area contributed by atoms with Crippen molar-refractivity contribution in [3.05, 3.63) is 99.4 Å². The minimum Gasteiger partial charge on any atom is -0.427 e. The molecule has 1 saturated heterocycles. The van der Waals surface area contributed by atoms with Crippen LogP contribution in [0.2, 0.25) is 0 Å². The van der Waals surface area contributed by atoms with E-state index in [1.165, 1.54) is 41.9 Å². The van der Waals surface area contributed by atoms with Crippen molar-refractivity contribution >= 4 is 45.3 Å². The number of carbonyl (C=O) groups excluding carboxylic acids is 4. The third kappa shape index (κ3) is 10.2. The number of aromatic nitrogens is 2. The predicted octanol–water partition coefficient (Wildman–Crippen LogP) is 9.99. The summed E-state index contributed by atoms with van der Waals surface area (Å²) in [7, 11) is 3.61. The number of hydrogen-bond donors (Lipinski definition) is 7. The second-order valence-electron chi connectivity index (χ2n) is 29.2. The molecule has 470 valence electrons. The number of nitrogens with one attached hydrogen (secondary N) is 4. The molecule has 5 saturated carbocycles. The fourth-order valence-corrected chi connectivity index (χ4v) is 24.0. The van der Waals surface area contributed by atoms with E-state index in [2.05, 4.69) is 62.9 Å². The van der Waals surface area contributed by atoms with Gasteiger partial charge in [0.05, 0.1) is 47.1 Å². The van der Waals surface area contributed by atoms with E-state index in [4.69, 9.17) is 9.47 Å². The highest BCUT2D eigenvalue weighted by molar-refractivity contribution is 8.76. The number of fused-ring (bicyclic) bond motifs is 5. The minimum absolute atomic E-state index is 0.0164. The van der Waals surface area contributed by atoms with Gasteiger partial charge < -0.3 is 40.4 Å². The van der Waals surface area contributed by atoms with Crippen LogP contribution in [0.4, 0.5) is 0 Å². The van der Waals surface area contributed by atoms with E-state index >= 15 is 9.59 Å². The average molecular weight is 1240 g/mol. The highest BCUT2D eigenvalue weighted by atomic mass is 33.1. The number of rotatable bonds is 11. The molecule has 15 aliphatic rings. The summed E-state index contributed by atoms with van der Waals surface area (Å²) in [6, 6.07) is -0.159. The van der Waals surface area contributed by atoms with Crippen molar-refractivity contribution in [2.24, 2.45) is 93.7 Å². The number of carbonyl (C=O) groups is 4. The molecule has 10 aliphatic carbocycles. The fraction of sp³-hybridized carbons (Fsp3) is 0.676. The zero-order chi connectivity index (χ0) is 60.0. The van der Waals surface area contributed by atoms with Gasteiger partial charge in [-0.3, -0.25) is 19.8 Å². The molecule has 88 heavy (non-hydrogen) atoms. The molecule has 7 N–H and O–H groups in total. The number of esters is 2. The first-order valence-electron chi connectivity index (χ1n) is 34.2. The number of imidazole rings is 1. The Morgan fingerprint density at radius 1 is 0.852 bits per heavy atom. The molecule has 5 aliphatic heterocycles. The maximum Gasteiger partial charge on any atom is 0.340 e. The zero-order valence-electron chi connectivity index (χ0n) is 51.2. The molecule has 0 aromatic carbocycles. The third-order valence-electron chi connectivity index (χ3n) is 25.3. The van der Waals surface area contributed by atoms with Crippen LogP contribution in [-0.2, 0) is 35.1 Å². The summed E-state index contributed by atoms with van der Waals surface area (Å²) >= 11 is 0. The van der Waals surface area contributed by atoms with Crippen molar-refractivity contribution in [3.8, 4) is 11.8 Å². The Hall–Kier alpha value is -4.83. The van der Waals surface area contributed by atoms with Gasteiger partial charge >= 0.3 is 11.9 Å². The summed E-state index contributed by atoms with van der Waals surface area (Å²) in [5.74, 6) is 9.25. The van der Waals surface area contributed by atoms with Crippen LogP contribution in [0, 0.1) is 106 Å². The predicted molar refractivity (Wildman–Crippen MR) is 336 cm³/mol. The summed E-state index contributed by atoms with van der Waals surface area (Å²) in [6.45, 7) is 2.93. The number of aliphatic hydroxyl groups is 3. The molecule has 1 aromatic rings. The highest BCUT2D eigenvalue weighted by Gasteiger charge is 2.70. The molecule has 18 atom stereocenters. The Kier molecular flexibility index (Phi) is 16.4. The van der Waals surface area contributed by atoms with Crippen LogP contribution >= 0.6 is 21.6 Å². The van der Waals surface area contributed by atoms with Crippen molar-refractivity contribution in [2.45, 2.75) is 172 Å². The van der Waals surface area contributed by atoms with Crippen LogP contribution < -0.4 is 16.0 Å². The molecular formula is C71H90N6O9S2. The number of hydrogen-bond acceptors (Lipinski definition) is 15. The topological polar surface area (TPSA) is 215 Å². The molecule has 9 bridgehead atoms. The van der Waals surface area contributed by atoms with Gasteiger partial charge in [-0.1, -0.05) is 72.6 Å². The summed E-state index contributed by atoms with van der Waals surface area (Å²) in [5, 5.41) is 45.8. The zero-order valence-corrected chi connectivity index (χ0v) is 52.8. The van der Waals surface area contributed by atoms with Gasteiger partial charge in [-0.2, -0.15) is 0 Å². The Morgan fingerprint density at radius 3 is 2.52 bits per heavy atom. The first kappa shape index (κ1) is 59.5. The molecule has 1 aromatic heterocycles. The van der Waals surface area contributed by atoms with Gasteiger partial charge in [-0.25, -0.2) is 14.6 Å². The number of H-pyrrole nitrogens is 1. The molecule has 15 nitrogen and oxygen atoms in total. The maximum atomic E-state index is 15.9. The maximum absolute atomic E-state index is 15.9. The number of imide groups is 1. The van der Waals surface area contributed by atoms with Crippen molar-refractivity contribution in [3.63, 3.8) is 0 Å². The second-order valence-corrected chi connectivity index (χ2v) is 31.7. The number of allylic oxidation sites excluding steroid dienone is 5. The number of aromatic amines is 1. The van der Waals surface area contributed by atoms with E-state index in [1.807, 2.05) is 17.0 Å². The van der Waals surface area contributed by atoms with Crippen molar-refractivity contribution in [2.75, 3.05) is 32.2 Å². The van der Waals surface area contributed by atoms with Gasteiger partial charge in [0.25, 0.3) is 11.8 Å². The van der Waals surface area contributed by atoms with Crippen LogP contribution in [0.3, 0.4) is 0 Å². The lowest BCUT2D eigenvalue weighted by atomic mass is 9.42. The van der Waals surface area contributed by atoms with E-state index in [0.29, 0.717) is 67.2 Å². The molecule has 0 radical (unpaired) electrons. The number of dihydropyridines is 1. The third-order valence-corrected chi connectivity index (χ3v) is 27.8. The van der Waals surface area contributed by atoms with E-state index in [1.54, 1.807) is 17.1 Å². The number of nitrogens with zero attached hydrogens (tertiary/aromatic N) is 2. The minimum atomic E-state index is -1.02. The normalized spacial score (nSPS) is 40.1. The SMILES string of the molecule is CCC1(C2=C3OC(=O)C4=C3C(CC2)CC2C3CCC5(C6=CCC(C7CCC8CC(CO)CC(CO)C#CCC7C8)C(NC7CCC8CCCC(Cc9cnc[nH]9)C8C7O)SSCNC7=CC(=CCN7)C(CN7C(=O)C=CC7=O)C3=C5C(=O)O6)C42)CCCC1. The fourth-order valence-electron chi connectivity index (χ4n) is 21.5. The lowest BCUT2D eigenvalue weighted by Gasteiger charge is -2.58. The van der Waals surface area contributed by atoms with Gasteiger partial charge in [0.2, 0.25) is 0 Å². The Labute approximate surface area is 526 Å². The lowest BCUT2D eigenvalue weighted by molar-refractivity contribution is -0.138. The van der Waals surface area contributed by atoms with Crippen LogP contribution in [-0.4, -0.2) is 104 Å². The van der Waals surface area contributed by atoms with Crippen LogP contribution in [0.1, 0.15) is 154 Å². The molecule has 1 spiro atoms. The standard InChI is InChI=1S/C71H90N6O9S2/c1-2-70(23-3-4-24-70)53-16-12-46-31-51-49-21-25-71(63(51)62-60(46)66(53)86-68(62)83)55-18-15-50(48-14-11-39-27-41(36-79)28-40(35-78)7-5-9-43(48)29-39)67(76-54-17-13-42-8-6-10-45(59(42)65(54)82)30-47-33-72-37-74-47)88-87-38-75-56-32-44(22-26-73-56)52(61(49)64(71)69(84)85-55)34-77-57(80)19-20-58(77)81/h18-20,22,32-33,37,39-43,45-46,48-52,54,59,63,65,67,73,75-76,78-79,82H,2-4,6,8-17,21,23-31,34-36,38H2,1H3,(H,72,74). The molecule has 6 heterocycles. The molecule has 6 fully saturated rings. The monoisotopic (exact) mass is 1230 g/mol. The Morgan fingerprint density at radius 2 is 1.72 bits per heavy atom. The van der Waals surface area contributed by atoms with Crippen LogP contribution in [0.15, 0.2) is 93.7 Å². The molecule has 17 heteroatoms. The lowest BCUT2D eigenvalue weighted by Crippen LogP contribution is -2.56. The van der Waals surface area contributed by atoms with Crippen molar-refractivity contribution in [1.29, 1.82) is 0 Å². The first-order chi connectivity index (χ1) is 43.0. The first-order valence-corrected chi connectivity index (χ1v) is 36.6. The van der Waals surface area contributed by atoms with Crippen molar-refractivity contribution in [1.82, 2.24) is 30.8 Å². The van der Waals surface area contributed by atoms with Gasteiger partial charge in [-0.15, -0.1) is 5.92 Å². The van der Waals surface area contributed by atoms with Gasteiger partial charge in [-0.05, 0) is 209 Å². The van der Waals surface area contributed by atoms with E-state index in [9.17, 15) is 24.9 Å². The molecule has 18 unspecified atom stereocenters. The largest absolute Gasteiger partial charge is 0.427 e. The molecular weight excluding hydrogens is 1140 g/mol. The number of ether oxygens (including phenoxy) is 2. The Bertz CT molecular complexity index is 3240. The summed E-state index contributed by atoms with van der Waals surface area (Å²) in [6.07, 6.45) is 34.0. The van der Waals surface area contributed by atoms with Crippen LogP contribution in [0.5, 0.6) is 0 Å². The van der Waals surface area contributed by atoms with Crippen LogP contribution in [0.25, 0.3) is 0 Å². The smallest absolute Gasteiger partial charge is 0.340 e. The quantitative estimate of drug-likeness (QED) is 0.0475. The van der Waals surface area contributed by atoms with E-state index in [0.717, 1.165) is 142 Å². The van der Waals surface area contributed by atoms with E-state index < -0.39 is 23.4 Å². The number of aliphatic hydroxyl groups excluding tert-OH is 3. The summed E-state index contributed by atoms with van der Waals surface area (Å²) in [4.78, 5) is 68.0. The second kappa shape index (κ2) is 24.3. The summed E-state index contributed by atoms with van der Waals surface area (Å²) < 4.78 is 13.9. The molecule has 2 amide bonds. The van der Waals surface area contributed by atoms with E-state index in [-0.39, 0.29) is 114 Å². The summed E-state index contributed by atoms with van der Waals surface area (Å²) in [5.41, 5.74) is 5.83. The molecule has 16 rings (SSSR count). The average Bonchev–Trinajstić information content (AvgIpc) is 1.38. The van der Waals surface area contributed by atoms with Gasteiger partial charge in [0.15, 0.2) is 0 Å². The van der Waals surface area contributed by atoms with Crippen molar-refractivity contribution < 1.29 is 44.0 Å².